The Bertz CT molecular complexity index is 467. The Balaban J connectivity index is 1.74. The first kappa shape index (κ1) is 14.9. The fourth-order valence-corrected chi connectivity index (χ4v) is 3.53. The standard InChI is InChI=1S/C15H19BrN2S/c1-15(11-17,18-12-7-8-12)9-4-10-19-14-6-3-2-5-13(14)16/h2-3,5-6,12,18H,4,7-10H2,1H3. The van der Waals surface area contributed by atoms with Crippen LogP contribution < -0.4 is 5.32 Å². The minimum atomic E-state index is -0.352. The van der Waals surface area contributed by atoms with Crippen molar-refractivity contribution in [1.82, 2.24) is 5.32 Å². The Hall–Kier alpha value is -0.500. The van der Waals surface area contributed by atoms with Crippen LogP contribution in [0.25, 0.3) is 0 Å². The van der Waals surface area contributed by atoms with Gasteiger partial charge in [-0.3, -0.25) is 5.32 Å². The third-order valence-electron chi connectivity index (χ3n) is 3.26. The summed E-state index contributed by atoms with van der Waals surface area (Å²) in [6.45, 7) is 2.02. The number of nitrogens with zero attached hydrogens (tertiary/aromatic N) is 1. The molecule has 1 saturated carbocycles. The van der Waals surface area contributed by atoms with Gasteiger partial charge < -0.3 is 0 Å². The predicted octanol–water partition coefficient (Wildman–Crippen LogP) is 4.36. The van der Waals surface area contributed by atoms with Gasteiger partial charge in [-0.2, -0.15) is 5.26 Å². The molecule has 0 bridgehead atoms. The van der Waals surface area contributed by atoms with Gasteiger partial charge in [0.25, 0.3) is 0 Å². The van der Waals surface area contributed by atoms with Gasteiger partial charge in [0.15, 0.2) is 0 Å². The van der Waals surface area contributed by atoms with Gasteiger partial charge in [0.1, 0.15) is 5.54 Å². The molecule has 1 aromatic rings. The maximum absolute atomic E-state index is 9.30. The van der Waals surface area contributed by atoms with Gasteiger partial charge in [-0.1, -0.05) is 12.1 Å². The van der Waals surface area contributed by atoms with Gasteiger partial charge in [-0.15, -0.1) is 11.8 Å². The Morgan fingerprint density at radius 1 is 1.47 bits per heavy atom. The van der Waals surface area contributed by atoms with Crippen LogP contribution in [0.5, 0.6) is 0 Å². The van der Waals surface area contributed by atoms with Crippen LogP contribution >= 0.6 is 27.7 Å². The van der Waals surface area contributed by atoms with Gasteiger partial charge in [0, 0.05) is 15.4 Å². The summed E-state index contributed by atoms with van der Waals surface area (Å²) in [6.07, 6.45) is 4.42. The van der Waals surface area contributed by atoms with Crippen LogP contribution in [0.1, 0.15) is 32.6 Å². The number of hydrogen-bond donors (Lipinski definition) is 1. The molecule has 0 aliphatic heterocycles. The molecule has 0 amide bonds. The molecule has 0 aromatic heterocycles. The highest BCUT2D eigenvalue weighted by molar-refractivity contribution is 9.10. The molecule has 1 N–H and O–H groups in total. The summed E-state index contributed by atoms with van der Waals surface area (Å²) < 4.78 is 1.15. The molecule has 0 saturated heterocycles. The van der Waals surface area contributed by atoms with E-state index in [0.29, 0.717) is 6.04 Å². The topological polar surface area (TPSA) is 35.8 Å². The zero-order valence-electron chi connectivity index (χ0n) is 11.2. The molecule has 0 radical (unpaired) electrons. The molecule has 19 heavy (non-hydrogen) atoms. The maximum atomic E-state index is 9.30. The van der Waals surface area contributed by atoms with E-state index in [1.807, 2.05) is 24.8 Å². The average molecular weight is 339 g/mol. The molecule has 102 valence electrons. The number of hydrogen-bond acceptors (Lipinski definition) is 3. The summed E-state index contributed by atoms with van der Waals surface area (Å²) in [6, 6.07) is 11.3. The fraction of sp³-hybridized carbons (Fsp3) is 0.533. The molecule has 2 nitrogen and oxygen atoms in total. The van der Waals surface area contributed by atoms with Crippen molar-refractivity contribution in [2.45, 2.75) is 49.1 Å². The lowest BCUT2D eigenvalue weighted by Crippen LogP contribution is -2.42. The molecule has 1 aliphatic carbocycles. The Morgan fingerprint density at radius 3 is 2.84 bits per heavy atom. The largest absolute Gasteiger partial charge is 0.297 e. The summed E-state index contributed by atoms with van der Waals surface area (Å²) in [5, 5.41) is 12.7. The second-order valence-corrected chi connectivity index (χ2v) is 7.24. The highest BCUT2D eigenvalue weighted by atomic mass is 79.9. The predicted molar refractivity (Wildman–Crippen MR) is 84.3 cm³/mol. The molecule has 1 aromatic carbocycles. The van der Waals surface area contributed by atoms with Crippen LogP contribution in [0.4, 0.5) is 0 Å². The van der Waals surface area contributed by atoms with Crippen LogP contribution in [-0.4, -0.2) is 17.3 Å². The molecule has 1 fully saturated rings. The third-order valence-corrected chi connectivity index (χ3v) is 5.38. The van der Waals surface area contributed by atoms with E-state index in [0.717, 1.165) is 23.1 Å². The molecule has 1 aliphatic rings. The van der Waals surface area contributed by atoms with E-state index in [2.05, 4.69) is 45.5 Å². The molecule has 0 heterocycles. The quantitative estimate of drug-likeness (QED) is 0.592. The minimum absolute atomic E-state index is 0.352. The lowest BCUT2D eigenvalue weighted by Gasteiger charge is -2.23. The smallest absolute Gasteiger partial charge is 0.104 e. The van der Waals surface area contributed by atoms with Crippen LogP contribution in [0, 0.1) is 11.3 Å². The Labute approximate surface area is 128 Å². The van der Waals surface area contributed by atoms with Crippen molar-refractivity contribution in [3.63, 3.8) is 0 Å². The van der Waals surface area contributed by atoms with Gasteiger partial charge >= 0.3 is 0 Å². The first-order valence-corrected chi connectivity index (χ1v) is 8.47. The van der Waals surface area contributed by atoms with E-state index in [9.17, 15) is 5.26 Å². The van der Waals surface area contributed by atoms with E-state index >= 15 is 0 Å². The second-order valence-electron chi connectivity index (χ2n) is 5.24. The van der Waals surface area contributed by atoms with Crippen molar-refractivity contribution in [2.75, 3.05) is 5.75 Å². The molecule has 1 atom stereocenters. The lowest BCUT2D eigenvalue weighted by molar-refractivity contribution is 0.412. The highest BCUT2D eigenvalue weighted by Gasteiger charge is 2.31. The summed E-state index contributed by atoms with van der Waals surface area (Å²) >= 11 is 5.41. The zero-order valence-corrected chi connectivity index (χ0v) is 13.6. The lowest BCUT2D eigenvalue weighted by atomic mass is 9.98. The summed E-state index contributed by atoms with van der Waals surface area (Å²) in [5.41, 5.74) is -0.352. The molecule has 4 heteroatoms. The summed E-state index contributed by atoms with van der Waals surface area (Å²) in [4.78, 5) is 1.27. The van der Waals surface area contributed by atoms with E-state index in [4.69, 9.17) is 0 Å². The number of nitriles is 1. The van der Waals surface area contributed by atoms with E-state index < -0.39 is 0 Å². The Morgan fingerprint density at radius 2 is 2.21 bits per heavy atom. The average Bonchev–Trinajstić information content (AvgIpc) is 3.20. The summed E-state index contributed by atoms with van der Waals surface area (Å²) in [7, 11) is 0. The van der Waals surface area contributed by atoms with E-state index in [1.54, 1.807) is 0 Å². The van der Waals surface area contributed by atoms with Gasteiger partial charge in [0.05, 0.1) is 6.07 Å². The molecular formula is C15H19BrN2S. The molecule has 1 unspecified atom stereocenters. The highest BCUT2D eigenvalue weighted by Crippen LogP contribution is 2.29. The Kier molecular flexibility index (Phi) is 5.32. The zero-order chi connectivity index (χ0) is 13.7. The fourth-order valence-electron chi connectivity index (χ4n) is 2.01. The van der Waals surface area contributed by atoms with E-state index in [1.165, 1.54) is 17.7 Å². The normalized spacial score (nSPS) is 17.7. The molecule has 0 spiro atoms. The van der Waals surface area contributed by atoms with Crippen molar-refractivity contribution in [3.05, 3.63) is 28.7 Å². The van der Waals surface area contributed by atoms with Crippen molar-refractivity contribution in [2.24, 2.45) is 0 Å². The number of benzene rings is 1. The third kappa shape index (κ3) is 4.83. The summed E-state index contributed by atoms with van der Waals surface area (Å²) in [5.74, 6) is 1.05. The van der Waals surface area contributed by atoms with Gasteiger partial charge in [-0.05, 0) is 66.4 Å². The second kappa shape index (κ2) is 6.78. The number of nitrogens with one attached hydrogen (secondary N) is 1. The monoisotopic (exact) mass is 338 g/mol. The van der Waals surface area contributed by atoms with Crippen LogP contribution in [-0.2, 0) is 0 Å². The van der Waals surface area contributed by atoms with Crippen molar-refractivity contribution in [3.8, 4) is 6.07 Å². The maximum Gasteiger partial charge on any atom is 0.104 e. The van der Waals surface area contributed by atoms with Crippen LogP contribution in [0.2, 0.25) is 0 Å². The van der Waals surface area contributed by atoms with Gasteiger partial charge in [-0.25, -0.2) is 0 Å². The van der Waals surface area contributed by atoms with Crippen LogP contribution in [0.15, 0.2) is 33.6 Å². The minimum Gasteiger partial charge on any atom is -0.297 e. The van der Waals surface area contributed by atoms with Gasteiger partial charge in [0.2, 0.25) is 0 Å². The molecular weight excluding hydrogens is 320 g/mol. The van der Waals surface area contributed by atoms with E-state index in [-0.39, 0.29) is 5.54 Å². The first-order valence-electron chi connectivity index (χ1n) is 6.69. The van der Waals surface area contributed by atoms with Crippen molar-refractivity contribution >= 4 is 27.7 Å². The van der Waals surface area contributed by atoms with Crippen molar-refractivity contribution < 1.29 is 0 Å². The van der Waals surface area contributed by atoms with Crippen molar-refractivity contribution in [1.29, 1.82) is 5.26 Å². The molecule has 2 rings (SSSR count). The first-order chi connectivity index (χ1) is 9.13. The number of rotatable bonds is 7. The van der Waals surface area contributed by atoms with Crippen LogP contribution in [0.3, 0.4) is 0 Å². The number of thioether (sulfide) groups is 1. The number of halogens is 1. The SMILES string of the molecule is CC(C#N)(CCCSc1ccccc1Br)NC1CC1.